The minimum absolute atomic E-state index is 0.330. The quantitative estimate of drug-likeness (QED) is 0.491. The van der Waals surface area contributed by atoms with Gasteiger partial charge in [0.05, 0.1) is 7.11 Å². The predicted molar refractivity (Wildman–Crippen MR) is 56.0 cm³/mol. The molecule has 0 spiro atoms. The normalized spacial score (nSPS) is 15.4. The summed E-state index contributed by atoms with van der Waals surface area (Å²) in [4.78, 5) is 5.11. The van der Waals surface area contributed by atoms with E-state index in [0.717, 1.165) is 0 Å². The number of rotatable bonds is 3. The van der Waals surface area contributed by atoms with Crippen molar-refractivity contribution in [3.8, 4) is 11.8 Å². The van der Waals surface area contributed by atoms with E-state index in [1.54, 1.807) is 7.11 Å². The molecule has 0 saturated carbocycles. The van der Waals surface area contributed by atoms with E-state index in [9.17, 15) is 0 Å². The minimum atomic E-state index is 0.330. The molecule has 13 heavy (non-hydrogen) atoms. The maximum absolute atomic E-state index is 5.11. The van der Waals surface area contributed by atoms with Crippen LogP contribution in [-0.4, -0.2) is 25.3 Å². The van der Waals surface area contributed by atoms with Crippen LogP contribution >= 0.6 is 0 Å². The molecule has 0 N–H and O–H groups in total. The van der Waals surface area contributed by atoms with Crippen molar-refractivity contribution in [1.82, 2.24) is 5.06 Å². The van der Waals surface area contributed by atoms with E-state index in [1.807, 2.05) is 12.1 Å². The summed E-state index contributed by atoms with van der Waals surface area (Å²) in [5, 5.41) is 1.83. The van der Waals surface area contributed by atoms with Crippen LogP contribution < -0.4 is 0 Å². The first kappa shape index (κ1) is 12.5. The minimum Gasteiger partial charge on any atom is -0.302 e. The van der Waals surface area contributed by atoms with Gasteiger partial charge < -0.3 is 4.84 Å². The topological polar surface area (TPSA) is 12.5 Å². The lowest BCUT2D eigenvalue weighted by Crippen LogP contribution is -2.32. The van der Waals surface area contributed by atoms with E-state index in [1.165, 1.54) is 0 Å². The molecule has 0 radical (unpaired) electrons. The monoisotopic (exact) mass is 183 g/mol. The second kappa shape index (κ2) is 6.01. The van der Waals surface area contributed by atoms with Gasteiger partial charge in [-0.3, -0.25) is 0 Å². The molecule has 76 valence electrons. The fourth-order valence-corrected chi connectivity index (χ4v) is 0.900. The molecule has 0 aliphatic heterocycles. The number of hydroxylamine groups is 2. The summed E-state index contributed by atoms with van der Waals surface area (Å²) in [6, 6.07) is 0.330. The van der Waals surface area contributed by atoms with Gasteiger partial charge in [0.2, 0.25) is 0 Å². The Morgan fingerprint density at radius 3 is 2.00 bits per heavy atom. The van der Waals surface area contributed by atoms with Crippen molar-refractivity contribution in [1.29, 1.82) is 0 Å². The number of nitrogens with zero attached hydrogens (tertiary/aromatic N) is 1. The Morgan fingerprint density at radius 2 is 1.62 bits per heavy atom. The Hall–Kier alpha value is -0.520. The smallest absolute Gasteiger partial charge is 0.0575 e. The van der Waals surface area contributed by atoms with Gasteiger partial charge in [-0.05, 0) is 13.8 Å². The SMILES string of the molecule is CON(C)C(C)C(C)C#CC(C)C. The van der Waals surface area contributed by atoms with Crippen molar-refractivity contribution >= 4 is 0 Å². The van der Waals surface area contributed by atoms with E-state index in [-0.39, 0.29) is 0 Å². The highest BCUT2D eigenvalue weighted by atomic mass is 16.7. The lowest BCUT2D eigenvalue weighted by Gasteiger charge is -2.24. The second-order valence-corrected chi connectivity index (χ2v) is 3.70. The standard InChI is InChI=1S/C11H21NO/c1-9(2)7-8-10(3)11(4)12(5)13-6/h9-11H,1-6H3. The zero-order chi connectivity index (χ0) is 10.4. The molecule has 0 amide bonds. The van der Waals surface area contributed by atoms with Crippen molar-refractivity contribution in [3.05, 3.63) is 0 Å². The van der Waals surface area contributed by atoms with Crippen LogP contribution in [0.5, 0.6) is 0 Å². The predicted octanol–water partition coefficient (Wildman–Crippen LogP) is 2.16. The van der Waals surface area contributed by atoms with E-state index < -0.39 is 0 Å². The molecule has 0 fully saturated rings. The maximum Gasteiger partial charge on any atom is 0.0575 e. The highest BCUT2D eigenvalue weighted by Gasteiger charge is 2.14. The van der Waals surface area contributed by atoms with Gasteiger partial charge >= 0.3 is 0 Å². The molecule has 0 saturated heterocycles. The van der Waals surface area contributed by atoms with Gasteiger partial charge in [0.1, 0.15) is 0 Å². The molecule has 0 bridgehead atoms. The summed E-state index contributed by atoms with van der Waals surface area (Å²) >= 11 is 0. The Labute approximate surface area is 82.2 Å². The third-order valence-electron chi connectivity index (χ3n) is 2.18. The first-order chi connectivity index (χ1) is 5.99. The number of hydrogen-bond donors (Lipinski definition) is 0. The molecule has 2 unspecified atom stereocenters. The van der Waals surface area contributed by atoms with Gasteiger partial charge in [-0.15, -0.1) is 5.92 Å². The third-order valence-corrected chi connectivity index (χ3v) is 2.18. The molecule has 0 aromatic rings. The summed E-state index contributed by atoms with van der Waals surface area (Å²) in [6.07, 6.45) is 0. The number of hydrogen-bond acceptors (Lipinski definition) is 2. The van der Waals surface area contributed by atoms with Crippen LogP contribution in [0.15, 0.2) is 0 Å². The van der Waals surface area contributed by atoms with E-state index >= 15 is 0 Å². The van der Waals surface area contributed by atoms with Crippen molar-refractivity contribution in [2.75, 3.05) is 14.2 Å². The van der Waals surface area contributed by atoms with Crippen LogP contribution in [-0.2, 0) is 4.84 Å². The van der Waals surface area contributed by atoms with E-state index in [0.29, 0.717) is 17.9 Å². The molecule has 0 aromatic carbocycles. The van der Waals surface area contributed by atoms with Crippen LogP contribution in [0.25, 0.3) is 0 Å². The molecule has 2 heteroatoms. The summed E-state index contributed by atoms with van der Waals surface area (Å²) in [5.41, 5.74) is 0. The third kappa shape index (κ3) is 4.92. The van der Waals surface area contributed by atoms with Crippen LogP contribution in [0.4, 0.5) is 0 Å². The molecule has 0 rings (SSSR count). The van der Waals surface area contributed by atoms with Crippen LogP contribution in [0.3, 0.4) is 0 Å². The summed E-state index contributed by atoms with van der Waals surface area (Å²) < 4.78 is 0. The second-order valence-electron chi connectivity index (χ2n) is 3.70. The molecule has 0 aliphatic rings. The first-order valence-electron chi connectivity index (χ1n) is 4.77. The van der Waals surface area contributed by atoms with Crippen molar-refractivity contribution < 1.29 is 4.84 Å². The van der Waals surface area contributed by atoms with Crippen molar-refractivity contribution in [2.24, 2.45) is 11.8 Å². The van der Waals surface area contributed by atoms with E-state index in [4.69, 9.17) is 4.84 Å². The molecular formula is C11H21NO. The molecule has 2 atom stereocenters. The van der Waals surface area contributed by atoms with Gasteiger partial charge in [-0.2, -0.15) is 5.06 Å². The summed E-state index contributed by atoms with van der Waals surface area (Å²) in [7, 11) is 3.61. The summed E-state index contributed by atoms with van der Waals surface area (Å²) in [6.45, 7) is 8.44. The molecule has 2 nitrogen and oxygen atoms in total. The Kier molecular flexibility index (Phi) is 5.77. The fraction of sp³-hybridized carbons (Fsp3) is 0.818. The first-order valence-corrected chi connectivity index (χ1v) is 4.77. The van der Waals surface area contributed by atoms with Gasteiger partial charge in [-0.25, -0.2) is 0 Å². The van der Waals surface area contributed by atoms with Crippen molar-refractivity contribution in [2.45, 2.75) is 33.7 Å². The average molecular weight is 183 g/mol. The molecule has 0 aromatic heterocycles. The molecular weight excluding hydrogens is 162 g/mol. The highest BCUT2D eigenvalue weighted by molar-refractivity contribution is 5.06. The van der Waals surface area contributed by atoms with Gasteiger partial charge in [0.15, 0.2) is 0 Å². The highest BCUT2D eigenvalue weighted by Crippen LogP contribution is 2.08. The maximum atomic E-state index is 5.11. The van der Waals surface area contributed by atoms with Crippen LogP contribution in [0, 0.1) is 23.7 Å². The van der Waals surface area contributed by atoms with Gasteiger partial charge in [0.25, 0.3) is 0 Å². The lowest BCUT2D eigenvalue weighted by atomic mass is 10.0. The molecule has 0 aliphatic carbocycles. The van der Waals surface area contributed by atoms with Crippen LogP contribution in [0.2, 0.25) is 0 Å². The van der Waals surface area contributed by atoms with Gasteiger partial charge in [0, 0.05) is 24.9 Å². The van der Waals surface area contributed by atoms with Crippen LogP contribution in [0.1, 0.15) is 27.7 Å². The van der Waals surface area contributed by atoms with Gasteiger partial charge in [-0.1, -0.05) is 19.8 Å². The Morgan fingerprint density at radius 1 is 1.08 bits per heavy atom. The Balaban J connectivity index is 4.12. The largest absolute Gasteiger partial charge is 0.302 e. The zero-order valence-corrected chi connectivity index (χ0v) is 9.59. The Bertz CT molecular complexity index is 190. The summed E-state index contributed by atoms with van der Waals surface area (Å²) in [5.74, 6) is 7.19. The molecule has 0 heterocycles. The van der Waals surface area contributed by atoms with Crippen molar-refractivity contribution in [3.63, 3.8) is 0 Å². The average Bonchev–Trinajstić information content (AvgIpc) is 2.11. The van der Waals surface area contributed by atoms with E-state index in [2.05, 4.69) is 39.5 Å². The fourth-order valence-electron chi connectivity index (χ4n) is 0.900. The zero-order valence-electron chi connectivity index (χ0n) is 9.59. The lowest BCUT2D eigenvalue weighted by molar-refractivity contribution is -0.142.